The number of hydrogen-bond donors (Lipinski definition) is 2. The van der Waals surface area contributed by atoms with Gasteiger partial charge < -0.3 is 10.1 Å². The van der Waals surface area contributed by atoms with E-state index in [0.29, 0.717) is 17.9 Å². The molecule has 0 aliphatic rings. The number of carbonyl (C=O) groups is 1. The van der Waals surface area contributed by atoms with Crippen molar-refractivity contribution in [3.8, 4) is 5.75 Å². The molecule has 0 unspecified atom stereocenters. The SMILES string of the molecule is COc1ccc(C(=O)NCCCc2ccc(S(N)(=O)=O)cc2)cc1. The smallest absolute Gasteiger partial charge is 0.251 e. The Labute approximate surface area is 141 Å². The van der Waals surface area contributed by atoms with E-state index in [0.717, 1.165) is 18.4 Å². The van der Waals surface area contributed by atoms with Gasteiger partial charge in [0.05, 0.1) is 12.0 Å². The predicted molar refractivity (Wildman–Crippen MR) is 91.5 cm³/mol. The van der Waals surface area contributed by atoms with E-state index in [1.165, 1.54) is 12.1 Å². The minimum Gasteiger partial charge on any atom is -0.497 e. The van der Waals surface area contributed by atoms with Gasteiger partial charge in [0.25, 0.3) is 5.91 Å². The average Bonchev–Trinajstić information content (AvgIpc) is 2.58. The number of amides is 1. The number of benzene rings is 2. The van der Waals surface area contributed by atoms with Crippen molar-refractivity contribution in [3.05, 3.63) is 59.7 Å². The summed E-state index contributed by atoms with van der Waals surface area (Å²) in [4.78, 5) is 12.1. The molecule has 0 bridgehead atoms. The number of methoxy groups -OCH3 is 1. The first kappa shape index (κ1) is 18.0. The van der Waals surface area contributed by atoms with E-state index in [2.05, 4.69) is 5.32 Å². The zero-order valence-corrected chi connectivity index (χ0v) is 14.2. The molecule has 6 nitrogen and oxygen atoms in total. The Kier molecular flexibility index (Phi) is 5.94. The lowest BCUT2D eigenvalue weighted by atomic mass is 10.1. The number of ether oxygens (including phenoxy) is 1. The van der Waals surface area contributed by atoms with Crippen molar-refractivity contribution in [2.45, 2.75) is 17.7 Å². The molecular formula is C17H20N2O4S. The van der Waals surface area contributed by atoms with Crippen LogP contribution in [-0.4, -0.2) is 28.0 Å². The molecule has 0 heterocycles. The first-order valence-electron chi connectivity index (χ1n) is 7.44. The number of carbonyl (C=O) groups excluding carboxylic acids is 1. The summed E-state index contributed by atoms with van der Waals surface area (Å²) < 4.78 is 27.4. The van der Waals surface area contributed by atoms with Crippen LogP contribution in [0.3, 0.4) is 0 Å². The Bertz CT molecular complexity index is 784. The van der Waals surface area contributed by atoms with Crippen LogP contribution in [0, 0.1) is 0 Å². The van der Waals surface area contributed by atoms with Crippen LogP contribution in [0.5, 0.6) is 5.75 Å². The molecule has 0 saturated carbocycles. The number of nitrogens with two attached hydrogens (primary N) is 1. The normalized spacial score (nSPS) is 11.1. The van der Waals surface area contributed by atoms with Crippen molar-refractivity contribution in [1.29, 1.82) is 0 Å². The number of nitrogens with one attached hydrogen (secondary N) is 1. The van der Waals surface area contributed by atoms with Crippen molar-refractivity contribution in [3.63, 3.8) is 0 Å². The van der Waals surface area contributed by atoms with E-state index in [1.54, 1.807) is 43.5 Å². The van der Waals surface area contributed by atoms with E-state index in [4.69, 9.17) is 9.88 Å². The lowest BCUT2D eigenvalue weighted by molar-refractivity contribution is 0.0953. The van der Waals surface area contributed by atoms with Gasteiger partial charge in [-0.3, -0.25) is 4.79 Å². The van der Waals surface area contributed by atoms with E-state index < -0.39 is 10.0 Å². The van der Waals surface area contributed by atoms with Crippen molar-refractivity contribution in [2.24, 2.45) is 5.14 Å². The molecule has 0 aliphatic heterocycles. The number of primary sulfonamides is 1. The van der Waals surface area contributed by atoms with E-state index in [1.807, 2.05) is 0 Å². The summed E-state index contributed by atoms with van der Waals surface area (Å²) in [6.45, 7) is 0.530. The minimum absolute atomic E-state index is 0.0964. The molecule has 0 atom stereocenters. The Hall–Kier alpha value is -2.38. The summed E-state index contributed by atoms with van der Waals surface area (Å²) in [7, 11) is -2.08. The van der Waals surface area contributed by atoms with Crippen LogP contribution in [0.2, 0.25) is 0 Å². The van der Waals surface area contributed by atoms with Crippen LogP contribution in [0.4, 0.5) is 0 Å². The lowest BCUT2D eigenvalue weighted by Crippen LogP contribution is -2.24. The average molecular weight is 348 g/mol. The van der Waals surface area contributed by atoms with Gasteiger partial charge >= 0.3 is 0 Å². The topological polar surface area (TPSA) is 98.5 Å². The molecule has 0 radical (unpaired) electrons. The maximum absolute atomic E-state index is 12.0. The first-order valence-corrected chi connectivity index (χ1v) is 8.99. The molecule has 0 aliphatic carbocycles. The molecule has 0 spiro atoms. The molecule has 24 heavy (non-hydrogen) atoms. The zero-order valence-electron chi connectivity index (χ0n) is 13.4. The fraction of sp³-hybridized carbons (Fsp3) is 0.235. The molecule has 3 N–H and O–H groups in total. The number of sulfonamides is 1. The van der Waals surface area contributed by atoms with E-state index in [9.17, 15) is 13.2 Å². The molecule has 2 aromatic carbocycles. The third-order valence-electron chi connectivity index (χ3n) is 3.53. The molecule has 2 aromatic rings. The second kappa shape index (κ2) is 7.94. The van der Waals surface area contributed by atoms with Gasteiger partial charge in [-0.15, -0.1) is 0 Å². The van der Waals surface area contributed by atoms with Crippen LogP contribution in [0.1, 0.15) is 22.3 Å². The highest BCUT2D eigenvalue weighted by Crippen LogP contribution is 2.12. The second-order valence-corrected chi connectivity index (χ2v) is 6.84. The number of aryl methyl sites for hydroxylation is 1. The first-order chi connectivity index (χ1) is 11.4. The monoisotopic (exact) mass is 348 g/mol. The summed E-state index contributed by atoms with van der Waals surface area (Å²) in [6, 6.07) is 13.3. The van der Waals surface area contributed by atoms with Gasteiger partial charge in [-0.05, 0) is 54.8 Å². The second-order valence-electron chi connectivity index (χ2n) is 5.28. The van der Waals surface area contributed by atoms with Crippen LogP contribution in [0.25, 0.3) is 0 Å². The summed E-state index contributed by atoms with van der Waals surface area (Å²) in [5.41, 5.74) is 1.56. The fourth-order valence-corrected chi connectivity index (χ4v) is 2.70. The predicted octanol–water partition coefficient (Wildman–Crippen LogP) is 1.71. The van der Waals surface area contributed by atoms with Gasteiger partial charge in [-0.1, -0.05) is 12.1 Å². The van der Waals surface area contributed by atoms with Gasteiger partial charge in [0, 0.05) is 12.1 Å². The molecular weight excluding hydrogens is 328 g/mol. The maximum Gasteiger partial charge on any atom is 0.251 e. The van der Waals surface area contributed by atoms with Crippen molar-refractivity contribution in [1.82, 2.24) is 5.32 Å². The fourth-order valence-electron chi connectivity index (χ4n) is 2.18. The molecule has 0 fully saturated rings. The molecule has 2 rings (SSSR count). The Morgan fingerprint density at radius 3 is 2.25 bits per heavy atom. The van der Waals surface area contributed by atoms with Gasteiger partial charge in [0.2, 0.25) is 10.0 Å². The van der Waals surface area contributed by atoms with Gasteiger partial charge in [-0.2, -0.15) is 0 Å². The molecule has 0 saturated heterocycles. The standard InChI is InChI=1S/C17H20N2O4S/c1-23-15-8-6-14(7-9-15)17(20)19-12-2-3-13-4-10-16(11-5-13)24(18,21)22/h4-11H,2-3,12H2,1H3,(H,19,20)(H2,18,21,22). The maximum atomic E-state index is 12.0. The number of rotatable bonds is 7. The zero-order chi connectivity index (χ0) is 17.6. The van der Waals surface area contributed by atoms with Crippen molar-refractivity contribution >= 4 is 15.9 Å². The molecule has 7 heteroatoms. The van der Waals surface area contributed by atoms with Crippen molar-refractivity contribution < 1.29 is 17.9 Å². The van der Waals surface area contributed by atoms with Crippen LogP contribution < -0.4 is 15.2 Å². The van der Waals surface area contributed by atoms with Gasteiger partial charge in [-0.25, -0.2) is 13.6 Å². The van der Waals surface area contributed by atoms with E-state index in [-0.39, 0.29) is 10.8 Å². The highest BCUT2D eigenvalue weighted by atomic mass is 32.2. The van der Waals surface area contributed by atoms with Crippen LogP contribution >= 0.6 is 0 Å². The molecule has 128 valence electrons. The highest BCUT2D eigenvalue weighted by Gasteiger charge is 2.07. The quantitative estimate of drug-likeness (QED) is 0.744. The van der Waals surface area contributed by atoms with Crippen molar-refractivity contribution in [2.75, 3.05) is 13.7 Å². The Balaban J connectivity index is 1.78. The van der Waals surface area contributed by atoms with E-state index >= 15 is 0 Å². The number of hydrogen-bond acceptors (Lipinski definition) is 4. The lowest BCUT2D eigenvalue weighted by Gasteiger charge is -2.07. The third-order valence-corrected chi connectivity index (χ3v) is 4.46. The van der Waals surface area contributed by atoms with Gasteiger partial charge in [0.1, 0.15) is 5.75 Å². The third kappa shape index (κ3) is 5.07. The Morgan fingerprint density at radius 1 is 1.08 bits per heavy atom. The molecule has 1 amide bonds. The Morgan fingerprint density at radius 2 is 1.71 bits per heavy atom. The summed E-state index contributed by atoms with van der Waals surface area (Å²) in [5.74, 6) is 0.566. The van der Waals surface area contributed by atoms with Gasteiger partial charge in [0.15, 0.2) is 0 Å². The van der Waals surface area contributed by atoms with Crippen LogP contribution in [-0.2, 0) is 16.4 Å². The summed E-state index contributed by atoms with van der Waals surface area (Å²) >= 11 is 0. The highest BCUT2D eigenvalue weighted by molar-refractivity contribution is 7.89. The largest absolute Gasteiger partial charge is 0.497 e. The van der Waals surface area contributed by atoms with Crippen LogP contribution in [0.15, 0.2) is 53.4 Å². The molecule has 0 aromatic heterocycles. The summed E-state index contributed by atoms with van der Waals surface area (Å²) in [6.07, 6.45) is 1.48. The minimum atomic E-state index is -3.66. The summed E-state index contributed by atoms with van der Waals surface area (Å²) in [5, 5.41) is 7.90.